The maximum atomic E-state index is 13.8. The van der Waals surface area contributed by atoms with Gasteiger partial charge in [0.25, 0.3) is 5.91 Å². The highest BCUT2D eigenvalue weighted by molar-refractivity contribution is 8.01. The van der Waals surface area contributed by atoms with Gasteiger partial charge in [0.2, 0.25) is 0 Å². The normalized spacial score (nSPS) is 11.4. The summed E-state index contributed by atoms with van der Waals surface area (Å²) in [6.45, 7) is -1.27. The number of benzene rings is 3. The van der Waals surface area contributed by atoms with E-state index in [1.165, 1.54) is 29.6 Å². The number of alkyl halides is 3. The number of amides is 1. The second-order valence-corrected chi connectivity index (χ2v) is 12.5. The van der Waals surface area contributed by atoms with Gasteiger partial charge in [-0.3, -0.25) is 13.8 Å². The number of halogens is 3. The number of nitrogens with one attached hydrogen (secondary N) is 1. The Morgan fingerprint density at radius 1 is 0.837 bits per heavy atom. The average Bonchev–Trinajstić information content (AvgIpc) is 2.99. The van der Waals surface area contributed by atoms with E-state index in [4.69, 9.17) is 9.47 Å². The van der Waals surface area contributed by atoms with Crippen molar-refractivity contribution >= 4 is 64.2 Å². The molecular weight excluding hydrogens is 620 g/mol. The van der Waals surface area contributed by atoms with Crippen LogP contribution in [0.3, 0.4) is 0 Å². The van der Waals surface area contributed by atoms with E-state index >= 15 is 0 Å². The number of hydrogen-bond acceptors (Lipinski definition) is 10. The Kier molecular flexibility index (Phi) is 11.2. The molecule has 0 aliphatic rings. The summed E-state index contributed by atoms with van der Waals surface area (Å²) in [4.78, 5) is 19.0. The number of aromatic nitrogens is 1. The second kappa shape index (κ2) is 14.8. The topological polar surface area (TPSA) is 70.2 Å². The third kappa shape index (κ3) is 9.26. The maximum Gasteiger partial charge on any atom is 0.406 e. The van der Waals surface area contributed by atoms with Crippen molar-refractivity contribution in [2.24, 2.45) is 0 Å². The van der Waals surface area contributed by atoms with E-state index in [1.54, 1.807) is 78.3 Å². The summed E-state index contributed by atoms with van der Waals surface area (Å²) >= 11 is 3.39. The van der Waals surface area contributed by atoms with Gasteiger partial charge in [-0.2, -0.15) is 13.2 Å². The molecule has 0 bridgehead atoms. The van der Waals surface area contributed by atoms with Crippen LogP contribution in [-0.4, -0.2) is 62.8 Å². The van der Waals surface area contributed by atoms with Crippen LogP contribution in [0.25, 0.3) is 10.8 Å². The highest BCUT2D eigenvalue weighted by atomic mass is 32.2. The Bertz CT molecular complexity index is 1510. The van der Waals surface area contributed by atoms with Gasteiger partial charge in [-0.1, -0.05) is 24.3 Å². The molecular formula is C29H30F3N5O3S3. The van der Waals surface area contributed by atoms with Crippen LogP contribution >= 0.6 is 36.0 Å². The first kappa shape index (κ1) is 32.5. The molecule has 1 N–H and O–H groups in total. The molecule has 0 unspecified atom stereocenters. The van der Waals surface area contributed by atoms with E-state index in [0.29, 0.717) is 38.7 Å². The van der Waals surface area contributed by atoms with Crippen molar-refractivity contribution in [3.05, 3.63) is 79.0 Å². The molecule has 228 valence electrons. The predicted molar refractivity (Wildman–Crippen MR) is 170 cm³/mol. The van der Waals surface area contributed by atoms with Gasteiger partial charge in [0.1, 0.15) is 30.4 Å². The van der Waals surface area contributed by atoms with Gasteiger partial charge in [0.05, 0.1) is 26.1 Å². The minimum atomic E-state index is -4.47. The molecule has 4 aromatic rings. The van der Waals surface area contributed by atoms with Crippen molar-refractivity contribution in [2.75, 3.05) is 50.0 Å². The highest BCUT2D eigenvalue weighted by Crippen LogP contribution is 2.41. The lowest BCUT2D eigenvalue weighted by atomic mass is 10.1. The van der Waals surface area contributed by atoms with Crippen LogP contribution in [0.5, 0.6) is 11.5 Å². The SMILES string of the molecule is COc1ccc(SN(CC(F)(F)F)c2cnc(N(CC(=O)NSN(C)C)Sc3ccc(OC)cc3)c3ccccc23)cc1. The monoisotopic (exact) mass is 649 g/mol. The third-order valence-electron chi connectivity index (χ3n) is 5.76. The number of carbonyl (C=O) groups excluding carboxylic acids is 1. The lowest BCUT2D eigenvalue weighted by Crippen LogP contribution is -2.32. The number of methoxy groups -OCH3 is 2. The first-order valence-corrected chi connectivity index (χ1v) is 15.1. The number of nitrogens with zero attached hydrogens (tertiary/aromatic N) is 4. The van der Waals surface area contributed by atoms with Crippen LogP contribution in [0, 0.1) is 0 Å². The van der Waals surface area contributed by atoms with E-state index in [-0.39, 0.29) is 12.5 Å². The molecule has 0 fully saturated rings. The minimum absolute atomic E-state index is 0.0687. The second-order valence-electron chi connectivity index (χ2n) is 9.16. The van der Waals surface area contributed by atoms with Gasteiger partial charge in [0.15, 0.2) is 0 Å². The van der Waals surface area contributed by atoms with Gasteiger partial charge >= 0.3 is 6.18 Å². The van der Waals surface area contributed by atoms with Gasteiger partial charge in [-0.05, 0) is 86.5 Å². The Morgan fingerprint density at radius 2 is 1.37 bits per heavy atom. The maximum absolute atomic E-state index is 13.8. The number of rotatable bonds is 13. The van der Waals surface area contributed by atoms with Crippen molar-refractivity contribution in [3.63, 3.8) is 0 Å². The Hall–Kier alpha value is -3.46. The van der Waals surface area contributed by atoms with Crippen LogP contribution in [0.4, 0.5) is 24.7 Å². The summed E-state index contributed by atoms with van der Waals surface area (Å²) in [5.41, 5.74) is 0.291. The molecule has 0 aliphatic heterocycles. The van der Waals surface area contributed by atoms with Crippen molar-refractivity contribution in [1.29, 1.82) is 0 Å². The molecule has 0 radical (unpaired) electrons. The van der Waals surface area contributed by atoms with Gasteiger partial charge in [-0.15, -0.1) is 0 Å². The number of hydrogen-bond donors (Lipinski definition) is 1. The zero-order valence-corrected chi connectivity index (χ0v) is 26.2. The first-order chi connectivity index (χ1) is 20.6. The molecule has 0 saturated carbocycles. The zero-order valence-electron chi connectivity index (χ0n) is 23.8. The number of pyridine rings is 1. The van der Waals surface area contributed by atoms with E-state index in [9.17, 15) is 18.0 Å². The standard InChI is InChI=1S/C29H30F3N5O3S3/c1-35(2)43-34-27(38)18-36(41-22-13-9-20(39-3)10-14-22)28-25-8-6-5-7-24(25)26(17-33-28)37(19-29(30,31)32)42-23-15-11-21(40-4)12-16-23/h5-17H,18-19H2,1-4H3,(H,34,38). The lowest BCUT2D eigenvalue weighted by Gasteiger charge is -2.28. The van der Waals surface area contributed by atoms with Crippen molar-refractivity contribution < 1.29 is 27.4 Å². The van der Waals surface area contributed by atoms with Crippen molar-refractivity contribution in [1.82, 2.24) is 14.0 Å². The summed E-state index contributed by atoms with van der Waals surface area (Å²) in [6.07, 6.45) is -3.05. The number of carbonyl (C=O) groups is 1. The lowest BCUT2D eigenvalue weighted by molar-refractivity contribution is -0.118. The number of ether oxygens (including phenoxy) is 2. The van der Waals surface area contributed by atoms with Crippen LogP contribution in [-0.2, 0) is 4.79 Å². The van der Waals surface area contributed by atoms with E-state index < -0.39 is 12.7 Å². The first-order valence-electron chi connectivity index (χ1n) is 12.8. The van der Waals surface area contributed by atoms with Crippen LogP contribution in [0.2, 0.25) is 0 Å². The summed E-state index contributed by atoms with van der Waals surface area (Å²) in [5.74, 6) is 1.45. The summed E-state index contributed by atoms with van der Waals surface area (Å²) in [5, 5.41) is 1.15. The van der Waals surface area contributed by atoms with E-state index in [2.05, 4.69) is 9.71 Å². The smallest absolute Gasteiger partial charge is 0.406 e. The summed E-state index contributed by atoms with van der Waals surface area (Å²) < 4.78 is 59.4. The third-order valence-corrected chi connectivity index (χ3v) is 8.48. The molecule has 4 rings (SSSR count). The Morgan fingerprint density at radius 3 is 1.88 bits per heavy atom. The zero-order chi connectivity index (χ0) is 31.0. The number of fused-ring (bicyclic) bond motifs is 1. The predicted octanol–water partition coefficient (Wildman–Crippen LogP) is 7.08. The molecule has 14 heteroatoms. The Labute approximate surface area is 261 Å². The average molecular weight is 650 g/mol. The molecule has 8 nitrogen and oxygen atoms in total. The number of anilines is 2. The Balaban J connectivity index is 1.75. The molecule has 1 heterocycles. The summed E-state index contributed by atoms with van der Waals surface area (Å²) in [6, 6.07) is 21.2. The molecule has 0 atom stereocenters. The fourth-order valence-electron chi connectivity index (χ4n) is 3.87. The largest absolute Gasteiger partial charge is 0.497 e. The summed E-state index contributed by atoms with van der Waals surface area (Å²) in [7, 11) is 6.71. The van der Waals surface area contributed by atoms with E-state index in [1.807, 2.05) is 24.3 Å². The van der Waals surface area contributed by atoms with Crippen LogP contribution in [0.15, 0.2) is 88.8 Å². The fourth-order valence-corrected chi connectivity index (χ4v) is 6.11. The minimum Gasteiger partial charge on any atom is -0.497 e. The molecule has 3 aromatic carbocycles. The highest BCUT2D eigenvalue weighted by Gasteiger charge is 2.33. The van der Waals surface area contributed by atoms with E-state index in [0.717, 1.165) is 29.0 Å². The fraction of sp³-hybridized carbons (Fsp3) is 0.241. The van der Waals surface area contributed by atoms with Gasteiger partial charge in [-0.25, -0.2) is 9.29 Å². The molecule has 0 saturated heterocycles. The molecule has 0 spiro atoms. The van der Waals surface area contributed by atoms with Crippen LogP contribution < -0.4 is 22.8 Å². The van der Waals surface area contributed by atoms with Crippen molar-refractivity contribution in [3.8, 4) is 11.5 Å². The van der Waals surface area contributed by atoms with Gasteiger partial charge in [0, 0.05) is 32.7 Å². The van der Waals surface area contributed by atoms with Gasteiger partial charge < -0.3 is 13.8 Å². The molecule has 43 heavy (non-hydrogen) atoms. The quantitative estimate of drug-likeness (QED) is 0.152. The molecule has 0 aliphatic carbocycles. The molecule has 1 amide bonds. The van der Waals surface area contributed by atoms with Crippen molar-refractivity contribution in [2.45, 2.75) is 16.0 Å². The molecule has 1 aromatic heterocycles. The van der Waals surface area contributed by atoms with Crippen LogP contribution in [0.1, 0.15) is 0 Å².